The van der Waals surface area contributed by atoms with Crippen LogP contribution in [0.3, 0.4) is 0 Å². The zero-order valence-corrected chi connectivity index (χ0v) is 8.99. The minimum Gasteiger partial charge on any atom is -0.0651 e. The zero-order chi connectivity index (χ0) is 9.07. The SMILES string of the molecule is CCC([C](C)C)C(C)(C)CC. The lowest BCUT2D eigenvalue weighted by molar-refractivity contribution is 0.209. The van der Waals surface area contributed by atoms with Crippen LogP contribution in [-0.2, 0) is 0 Å². The van der Waals surface area contributed by atoms with E-state index in [1.165, 1.54) is 12.8 Å². The van der Waals surface area contributed by atoms with Gasteiger partial charge in [0.1, 0.15) is 0 Å². The summed E-state index contributed by atoms with van der Waals surface area (Å²) in [5.41, 5.74) is 0.494. The van der Waals surface area contributed by atoms with E-state index in [1.807, 2.05) is 0 Å². The van der Waals surface area contributed by atoms with Gasteiger partial charge in [-0.3, -0.25) is 0 Å². The van der Waals surface area contributed by atoms with Gasteiger partial charge in [0, 0.05) is 0 Å². The Kier molecular flexibility index (Phi) is 4.13. The molecule has 0 fully saturated rings. The van der Waals surface area contributed by atoms with Crippen LogP contribution in [0.25, 0.3) is 0 Å². The summed E-state index contributed by atoms with van der Waals surface area (Å²) in [5.74, 6) is 2.38. The average Bonchev–Trinajstić information content (AvgIpc) is 1.88. The molecule has 0 aromatic carbocycles. The van der Waals surface area contributed by atoms with Crippen LogP contribution >= 0.6 is 0 Å². The molecule has 0 aromatic rings. The Morgan fingerprint density at radius 2 is 1.64 bits per heavy atom. The molecule has 0 aliphatic rings. The van der Waals surface area contributed by atoms with Gasteiger partial charge >= 0.3 is 0 Å². The van der Waals surface area contributed by atoms with Gasteiger partial charge in [0.2, 0.25) is 0 Å². The highest BCUT2D eigenvalue weighted by Crippen LogP contribution is 2.38. The van der Waals surface area contributed by atoms with Gasteiger partial charge < -0.3 is 0 Å². The first-order valence-electron chi connectivity index (χ1n) is 4.75. The lowest BCUT2D eigenvalue weighted by Gasteiger charge is -2.35. The van der Waals surface area contributed by atoms with Gasteiger partial charge in [0.05, 0.1) is 0 Å². The van der Waals surface area contributed by atoms with Crippen molar-refractivity contribution in [3.8, 4) is 0 Å². The first-order chi connectivity index (χ1) is 4.95. The molecule has 0 aliphatic heterocycles. The third kappa shape index (κ3) is 2.84. The van der Waals surface area contributed by atoms with Gasteiger partial charge in [0.15, 0.2) is 0 Å². The Balaban J connectivity index is 4.23. The molecular formula is C11H23. The highest BCUT2D eigenvalue weighted by atomic mass is 14.3. The van der Waals surface area contributed by atoms with Crippen LogP contribution in [0.1, 0.15) is 54.4 Å². The van der Waals surface area contributed by atoms with Gasteiger partial charge in [-0.2, -0.15) is 0 Å². The van der Waals surface area contributed by atoms with Crippen LogP contribution in [-0.4, -0.2) is 0 Å². The molecule has 0 spiro atoms. The molecular weight excluding hydrogens is 132 g/mol. The molecule has 0 rings (SSSR count). The fourth-order valence-electron chi connectivity index (χ4n) is 1.99. The molecule has 0 aromatic heterocycles. The van der Waals surface area contributed by atoms with Crippen LogP contribution in [0.4, 0.5) is 0 Å². The molecule has 1 atom stereocenters. The summed E-state index contributed by atoms with van der Waals surface area (Å²) in [5, 5.41) is 0. The molecule has 0 saturated carbocycles. The molecule has 0 amide bonds. The summed E-state index contributed by atoms with van der Waals surface area (Å²) in [6.07, 6.45) is 2.56. The van der Waals surface area contributed by atoms with Crippen molar-refractivity contribution in [1.82, 2.24) is 0 Å². The van der Waals surface area contributed by atoms with E-state index in [4.69, 9.17) is 0 Å². The quantitative estimate of drug-likeness (QED) is 0.574. The van der Waals surface area contributed by atoms with Crippen LogP contribution in [0.5, 0.6) is 0 Å². The van der Waals surface area contributed by atoms with E-state index < -0.39 is 0 Å². The molecule has 0 heteroatoms. The van der Waals surface area contributed by atoms with E-state index in [2.05, 4.69) is 41.5 Å². The summed E-state index contributed by atoms with van der Waals surface area (Å²) in [6.45, 7) is 13.8. The maximum Gasteiger partial charge on any atom is -0.0267 e. The van der Waals surface area contributed by atoms with Crippen LogP contribution in [0, 0.1) is 17.3 Å². The highest BCUT2D eigenvalue weighted by molar-refractivity contribution is 4.94. The minimum atomic E-state index is 0.494. The maximum absolute atomic E-state index is 2.37. The highest BCUT2D eigenvalue weighted by Gasteiger charge is 2.28. The van der Waals surface area contributed by atoms with Crippen LogP contribution < -0.4 is 0 Å². The van der Waals surface area contributed by atoms with Crippen molar-refractivity contribution in [1.29, 1.82) is 0 Å². The second-order valence-electron chi connectivity index (χ2n) is 4.38. The molecule has 0 aliphatic carbocycles. The average molecular weight is 155 g/mol. The minimum absolute atomic E-state index is 0.494. The fraction of sp³-hybridized carbons (Fsp3) is 0.909. The summed E-state index contributed by atoms with van der Waals surface area (Å²) < 4.78 is 0. The third-order valence-electron chi connectivity index (χ3n) is 2.96. The second-order valence-corrected chi connectivity index (χ2v) is 4.38. The summed E-state index contributed by atoms with van der Waals surface area (Å²) >= 11 is 0. The van der Waals surface area contributed by atoms with Crippen molar-refractivity contribution in [2.24, 2.45) is 11.3 Å². The van der Waals surface area contributed by atoms with E-state index >= 15 is 0 Å². The second kappa shape index (κ2) is 4.13. The standard InChI is InChI=1S/C11H23/c1-7-10(9(3)4)11(5,6)8-2/h10H,7-8H2,1-6H3. The molecule has 0 bridgehead atoms. The summed E-state index contributed by atoms with van der Waals surface area (Å²) in [6, 6.07) is 0. The summed E-state index contributed by atoms with van der Waals surface area (Å²) in [4.78, 5) is 0. The predicted molar refractivity (Wildman–Crippen MR) is 52.4 cm³/mol. The molecule has 0 heterocycles. The van der Waals surface area contributed by atoms with E-state index in [9.17, 15) is 0 Å². The van der Waals surface area contributed by atoms with E-state index in [-0.39, 0.29) is 0 Å². The lowest BCUT2D eigenvalue weighted by Crippen LogP contribution is -2.26. The molecule has 67 valence electrons. The monoisotopic (exact) mass is 155 g/mol. The van der Waals surface area contributed by atoms with Crippen molar-refractivity contribution >= 4 is 0 Å². The first-order valence-corrected chi connectivity index (χ1v) is 4.75. The molecule has 0 nitrogen and oxygen atoms in total. The Bertz CT molecular complexity index is 101. The predicted octanol–water partition coefficient (Wildman–Crippen LogP) is 4.06. The van der Waals surface area contributed by atoms with Crippen molar-refractivity contribution in [3.63, 3.8) is 0 Å². The van der Waals surface area contributed by atoms with Crippen molar-refractivity contribution < 1.29 is 0 Å². The van der Waals surface area contributed by atoms with Crippen molar-refractivity contribution in [3.05, 3.63) is 5.92 Å². The van der Waals surface area contributed by atoms with E-state index in [0.29, 0.717) is 5.41 Å². The summed E-state index contributed by atoms with van der Waals surface area (Å²) in [7, 11) is 0. The third-order valence-corrected chi connectivity index (χ3v) is 2.96. The molecule has 0 N–H and O–H groups in total. The number of rotatable bonds is 4. The normalized spacial score (nSPS) is 15.5. The van der Waals surface area contributed by atoms with Crippen LogP contribution in [0.15, 0.2) is 0 Å². The fourth-order valence-corrected chi connectivity index (χ4v) is 1.99. The topological polar surface area (TPSA) is 0 Å². The Morgan fingerprint density at radius 1 is 1.18 bits per heavy atom. The van der Waals surface area contributed by atoms with E-state index in [0.717, 1.165) is 5.92 Å². The molecule has 1 unspecified atom stereocenters. The Morgan fingerprint density at radius 3 is 1.73 bits per heavy atom. The number of hydrogen-bond acceptors (Lipinski definition) is 0. The maximum atomic E-state index is 2.37. The van der Waals surface area contributed by atoms with Crippen LogP contribution in [0.2, 0.25) is 0 Å². The van der Waals surface area contributed by atoms with Gasteiger partial charge in [-0.25, -0.2) is 0 Å². The largest absolute Gasteiger partial charge is 0.0651 e. The van der Waals surface area contributed by atoms with E-state index in [1.54, 1.807) is 5.92 Å². The Labute approximate surface area is 72.4 Å². The molecule has 11 heavy (non-hydrogen) atoms. The first kappa shape index (κ1) is 11.0. The smallest absolute Gasteiger partial charge is 0.0267 e. The Hall–Kier alpha value is 0. The number of hydrogen-bond donors (Lipinski definition) is 0. The zero-order valence-electron chi connectivity index (χ0n) is 8.99. The van der Waals surface area contributed by atoms with Gasteiger partial charge in [0.25, 0.3) is 0 Å². The van der Waals surface area contributed by atoms with Crippen molar-refractivity contribution in [2.45, 2.75) is 54.4 Å². The van der Waals surface area contributed by atoms with Crippen molar-refractivity contribution in [2.75, 3.05) is 0 Å². The van der Waals surface area contributed by atoms with Gasteiger partial charge in [-0.05, 0) is 17.3 Å². The molecule has 0 saturated heterocycles. The lowest BCUT2D eigenvalue weighted by atomic mass is 9.70. The van der Waals surface area contributed by atoms with Gasteiger partial charge in [-0.15, -0.1) is 0 Å². The molecule has 1 radical (unpaired) electrons. The van der Waals surface area contributed by atoms with Gasteiger partial charge in [-0.1, -0.05) is 54.4 Å².